The van der Waals surface area contributed by atoms with E-state index in [1.54, 1.807) is 0 Å². The number of benzene rings is 1. The number of rotatable bonds is 4. The van der Waals surface area contributed by atoms with Crippen molar-refractivity contribution in [1.29, 1.82) is 0 Å². The molecule has 100 valence electrons. The maximum atomic E-state index is 9.35. The molecule has 1 heterocycles. The van der Waals surface area contributed by atoms with Gasteiger partial charge in [0.05, 0.1) is 12.2 Å². The largest absolute Gasteiger partial charge is 0.391 e. The number of aromatic nitrogens is 2. The van der Waals surface area contributed by atoms with E-state index >= 15 is 0 Å². The second kappa shape index (κ2) is 6.32. The van der Waals surface area contributed by atoms with Gasteiger partial charge in [-0.25, -0.2) is 9.97 Å². The van der Waals surface area contributed by atoms with Gasteiger partial charge in [-0.05, 0) is 17.7 Å². The molecule has 0 saturated heterocycles. The molecule has 1 N–H and O–H groups in total. The second-order valence-corrected chi connectivity index (χ2v) is 5.38. The highest BCUT2D eigenvalue weighted by Gasteiger charge is 2.13. The van der Waals surface area contributed by atoms with Crippen LogP contribution in [0.4, 0.5) is 5.82 Å². The normalized spacial score (nSPS) is 10.5. The van der Waals surface area contributed by atoms with E-state index in [-0.39, 0.29) is 11.8 Å². The third kappa shape index (κ3) is 3.43. The van der Waals surface area contributed by atoms with Crippen LogP contribution in [0.2, 0.25) is 5.15 Å². The third-order valence-corrected chi connectivity index (χ3v) is 3.58. The van der Waals surface area contributed by atoms with Gasteiger partial charge < -0.3 is 10.0 Å². The zero-order valence-electron chi connectivity index (χ0n) is 10.3. The van der Waals surface area contributed by atoms with Crippen LogP contribution in [0.5, 0.6) is 0 Å². The fourth-order valence-corrected chi connectivity index (χ4v) is 2.24. The Labute approximate surface area is 125 Å². The maximum Gasteiger partial charge on any atom is 0.140 e. The van der Waals surface area contributed by atoms with Crippen LogP contribution in [-0.4, -0.2) is 22.1 Å². The molecule has 0 spiro atoms. The molecule has 4 nitrogen and oxygen atoms in total. The standard InChI is InChI=1S/C13H13BrClN3O/c1-18(6-9-2-4-10(14)5-3-9)13-11(7-19)12(15)16-8-17-13/h2-5,8,19H,6-7H2,1H3. The monoisotopic (exact) mass is 341 g/mol. The maximum absolute atomic E-state index is 9.35. The lowest BCUT2D eigenvalue weighted by atomic mass is 10.2. The van der Waals surface area contributed by atoms with Crippen molar-refractivity contribution >= 4 is 33.3 Å². The highest BCUT2D eigenvalue weighted by molar-refractivity contribution is 9.10. The molecule has 0 fully saturated rings. The van der Waals surface area contributed by atoms with Crippen LogP contribution in [0.3, 0.4) is 0 Å². The van der Waals surface area contributed by atoms with E-state index in [0.29, 0.717) is 17.9 Å². The second-order valence-electron chi connectivity index (χ2n) is 4.11. The van der Waals surface area contributed by atoms with Gasteiger partial charge in [-0.1, -0.05) is 39.7 Å². The Morgan fingerprint density at radius 3 is 2.58 bits per heavy atom. The van der Waals surface area contributed by atoms with E-state index < -0.39 is 0 Å². The van der Waals surface area contributed by atoms with Crippen LogP contribution in [0.1, 0.15) is 11.1 Å². The summed E-state index contributed by atoms with van der Waals surface area (Å²) in [6.07, 6.45) is 1.40. The lowest BCUT2D eigenvalue weighted by Crippen LogP contribution is -2.20. The smallest absolute Gasteiger partial charge is 0.140 e. The summed E-state index contributed by atoms with van der Waals surface area (Å²) >= 11 is 9.36. The minimum Gasteiger partial charge on any atom is -0.391 e. The number of anilines is 1. The minimum atomic E-state index is -0.181. The quantitative estimate of drug-likeness (QED) is 0.868. The van der Waals surface area contributed by atoms with Crippen LogP contribution in [0.15, 0.2) is 35.1 Å². The van der Waals surface area contributed by atoms with Crippen LogP contribution < -0.4 is 4.90 Å². The molecule has 2 aromatic rings. The van der Waals surface area contributed by atoms with Crippen LogP contribution in [0.25, 0.3) is 0 Å². The molecule has 0 aliphatic rings. The van der Waals surface area contributed by atoms with Crippen LogP contribution >= 0.6 is 27.5 Å². The molecule has 0 aliphatic heterocycles. The number of hydrogen-bond acceptors (Lipinski definition) is 4. The van der Waals surface area contributed by atoms with Gasteiger partial charge in [0.15, 0.2) is 0 Å². The molecule has 6 heteroatoms. The average Bonchev–Trinajstić information content (AvgIpc) is 2.41. The minimum absolute atomic E-state index is 0.181. The first kappa shape index (κ1) is 14.2. The van der Waals surface area contributed by atoms with Crippen molar-refractivity contribution in [2.24, 2.45) is 0 Å². The summed E-state index contributed by atoms with van der Waals surface area (Å²) < 4.78 is 1.04. The van der Waals surface area contributed by atoms with Crippen LogP contribution in [0, 0.1) is 0 Å². The van der Waals surface area contributed by atoms with Crippen molar-refractivity contribution in [1.82, 2.24) is 9.97 Å². The molecule has 0 amide bonds. The van der Waals surface area contributed by atoms with E-state index in [0.717, 1.165) is 10.0 Å². The van der Waals surface area contributed by atoms with Gasteiger partial charge in [0.25, 0.3) is 0 Å². The lowest BCUT2D eigenvalue weighted by molar-refractivity contribution is 0.281. The zero-order chi connectivity index (χ0) is 13.8. The SMILES string of the molecule is CN(Cc1ccc(Br)cc1)c1ncnc(Cl)c1CO. The fraction of sp³-hybridized carbons (Fsp3) is 0.231. The van der Waals surface area contributed by atoms with E-state index in [9.17, 15) is 5.11 Å². The molecular formula is C13H13BrClN3O. The molecule has 1 aromatic carbocycles. The summed E-state index contributed by atoms with van der Waals surface area (Å²) in [5, 5.41) is 9.64. The highest BCUT2D eigenvalue weighted by Crippen LogP contribution is 2.23. The van der Waals surface area contributed by atoms with Gasteiger partial charge in [-0.15, -0.1) is 0 Å². The predicted octanol–water partition coefficient (Wildman–Crippen LogP) is 3.02. The summed E-state index contributed by atoms with van der Waals surface area (Å²) in [5.41, 5.74) is 1.69. The predicted molar refractivity (Wildman–Crippen MR) is 79.2 cm³/mol. The lowest BCUT2D eigenvalue weighted by Gasteiger charge is -2.20. The van der Waals surface area contributed by atoms with Gasteiger partial charge in [0.2, 0.25) is 0 Å². The van der Waals surface area contributed by atoms with Crippen molar-refractivity contribution < 1.29 is 5.11 Å². The van der Waals surface area contributed by atoms with Crippen LogP contribution in [-0.2, 0) is 13.2 Å². The van der Waals surface area contributed by atoms with E-state index in [4.69, 9.17) is 11.6 Å². The third-order valence-electron chi connectivity index (χ3n) is 2.72. The fourth-order valence-electron chi connectivity index (χ4n) is 1.79. The van der Waals surface area contributed by atoms with E-state index in [1.165, 1.54) is 6.33 Å². The number of nitrogens with zero attached hydrogens (tertiary/aromatic N) is 3. The van der Waals surface area contributed by atoms with Crippen molar-refractivity contribution in [2.45, 2.75) is 13.2 Å². The Balaban J connectivity index is 2.22. The summed E-state index contributed by atoms with van der Waals surface area (Å²) in [7, 11) is 1.90. The Bertz CT molecular complexity index is 562. The van der Waals surface area contributed by atoms with Crippen molar-refractivity contribution in [3.63, 3.8) is 0 Å². The average molecular weight is 343 g/mol. The highest BCUT2D eigenvalue weighted by atomic mass is 79.9. The number of halogens is 2. The molecule has 19 heavy (non-hydrogen) atoms. The summed E-state index contributed by atoms with van der Waals surface area (Å²) in [6.45, 7) is 0.493. The summed E-state index contributed by atoms with van der Waals surface area (Å²) in [6, 6.07) is 8.04. The molecule has 2 rings (SSSR count). The first-order valence-corrected chi connectivity index (χ1v) is 6.84. The molecule has 0 aliphatic carbocycles. The molecule has 0 radical (unpaired) electrons. The van der Waals surface area contributed by atoms with Gasteiger partial charge in [0, 0.05) is 18.1 Å². The number of hydrogen-bond donors (Lipinski definition) is 1. The van der Waals surface area contributed by atoms with Crippen molar-refractivity contribution in [3.05, 3.63) is 51.3 Å². The number of aliphatic hydroxyl groups is 1. The van der Waals surface area contributed by atoms with E-state index in [2.05, 4.69) is 25.9 Å². The van der Waals surface area contributed by atoms with Gasteiger partial charge >= 0.3 is 0 Å². The first-order chi connectivity index (χ1) is 9.11. The topological polar surface area (TPSA) is 49.2 Å². The molecule has 0 saturated carbocycles. The molecule has 0 unspecified atom stereocenters. The molecule has 0 bridgehead atoms. The summed E-state index contributed by atoms with van der Waals surface area (Å²) in [5.74, 6) is 0.644. The Morgan fingerprint density at radius 1 is 1.26 bits per heavy atom. The van der Waals surface area contributed by atoms with Crippen molar-refractivity contribution in [2.75, 3.05) is 11.9 Å². The Kier molecular flexibility index (Phi) is 4.74. The van der Waals surface area contributed by atoms with Gasteiger partial charge in [-0.3, -0.25) is 0 Å². The molecular weight excluding hydrogens is 330 g/mol. The zero-order valence-corrected chi connectivity index (χ0v) is 12.7. The molecule has 1 aromatic heterocycles. The summed E-state index contributed by atoms with van der Waals surface area (Å²) in [4.78, 5) is 9.99. The van der Waals surface area contributed by atoms with Gasteiger partial charge in [0.1, 0.15) is 17.3 Å². The van der Waals surface area contributed by atoms with Gasteiger partial charge in [-0.2, -0.15) is 0 Å². The Morgan fingerprint density at radius 2 is 1.95 bits per heavy atom. The molecule has 0 atom stereocenters. The Hall–Kier alpha value is -1.17. The first-order valence-electron chi connectivity index (χ1n) is 5.67. The number of aliphatic hydroxyl groups excluding tert-OH is 1. The van der Waals surface area contributed by atoms with E-state index in [1.807, 2.05) is 36.2 Å². The van der Waals surface area contributed by atoms with Crippen molar-refractivity contribution in [3.8, 4) is 0 Å².